The van der Waals surface area contributed by atoms with Crippen molar-refractivity contribution in [3.63, 3.8) is 0 Å². The minimum absolute atomic E-state index is 0.0346. The second-order valence-electron chi connectivity index (χ2n) is 2.33. The van der Waals surface area contributed by atoms with Crippen LogP contribution in [0.2, 0.25) is 0 Å². The van der Waals surface area contributed by atoms with Crippen molar-refractivity contribution in [2.45, 2.75) is 6.43 Å². The molecule has 3 nitrogen and oxygen atoms in total. The molecule has 1 N–H and O–H groups in total. The van der Waals surface area contributed by atoms with Gasteiger partial charge in [0.1, 0.15) is 0 Å². The average Bonchev–Trinajstić information content (AvgIpc) is 2.07. The van der Waals surface area contributed by atoms with E-state index in [-0.39, 0.29) is 4.47 Å². The lowest BCUT2D eigenvalue weighted by Crippen LogP contribution is -2.17. The van der Waals surface area contributed by atoms with Crippen LogP contribution < -0.4 is 5.56 Å². The molecule has 0 amide bonds. The molecule has 1 aromatic rings. The Hall–Kier alpha value is -0.750. The van der Waals surface area contributed by atoms with Crippen LogP contribution in [0.25, 0.3) is 0 Å². The third-order valence-electron chi connectivity index (χ3n) is 1.50. The highest BCUT2D eigenvalue weighted by Gasteiger charge is 2.23. The number of carbonyl (C=O) groups is 1. The van der Waals surface area contributed by atoms with E-state index in [1.54, 1.807) is 0 Å². The van der Waals surface area contributed by atoms with Crippen molar-refractivity contribution in [1.29, 1.82) is 0 Å². The summed E-state index contributed by atoms with van der Waals surface area (Å²) in [7, 11) is 0. The van der Waals surface area contributed by atoms with Gasteiger partial charge in [0.25, 0.3) is 17.2 Å². The predicted molar refractivity (Wildman–Crippen MR) is 49.9 cm³/mol. The first-order valence-electron chi connectivity index (χ1n) is 3.34. The summed E-state index contributed by atoms with van der Waals surface area (Å²) in [5, 5.41) is -1.10. The fraction of sp³-hybridized carbons (Fsp3) is 0.143. The molecule has 1 rings (SSSR count). The molecular formula is C7H3BrClF2NO2. The number of rotatable bonds is 2. The van der Waals surface area contributed by atoms with Crippen molar-refractivity contribution in [2.75, 3.05) is 0 Å². The van der Waals surface area contributed by atoms with Crippen LogP contribution in [0.15, 0.2) is 15.5 Å². The Balaban J connectivity index is 3.58. The number of aromatic nitrogens is 1. The molecule has 0 radical (unpaired) electrons. The van der Waals surface area contributed by atoms with E-state index in [0.717, 1.165) is 6.20 Å². The maximum Gasteiger partial charge on any atom is 0.269 e. The highest BCUT2D eigenvalue weighted by Crippen LogP contribution is 2.26. The highest BCUT2D eigenvalue weighted by atomic mass is 79.9. The summed E-state index contributed by atoms with van der Waals surface area (Å²) in [6.45, 7) is 0. The smallest absolute Gasteiger partial charge is 0.269 e. The van der Waals surface area contributed by atoms with Gasteiger partial charge < -0.3 is 4.98 Å². The molecule has 76 valence electrons. The molecule has 0 aliphatic rings. The molecule has 1 heterocycles. The molecule has 0 aliphatic heterocycles. The van der Waals surface area contributed by atoms with Gasteiger partial charge in [-0.1, -0.05) is 0 Å². The first-order chi connectivity index (χ1) is 6.45. The molecule has 0 saturated carbocycles. The Morgan fingerprint density at radius 3 is 2.50 bits per heavy atom. The van der Waals surface area contributed by atoms with Crippen molar-refractivity contribution in [3.05, 3.63) is 32.2 Å². The molecule has 0 atom stereocenters. The van der Waals surface area contributed by atoms with Gasteiger partial charge in [0.2, 0.25) is 0 Å². The molecule has 0 spiro atoms. The minimum Gasteiger partial charge on any atom is -0.328 e. The van der Waals surface area contributed by atoms with E-state index < -0.39 is 28.4 Å². The van der Waals surface area contributed by atoms with Gasteiger partial charge in [-0.25, -0.2) is 8.78 Å². The summed E-state index contributed by atoms with van der Waals surface area (Å²) in [5.41, 5.74) is -2.43. The highest BCUT2D eigenvalue weighted by molar-refractivity contribution is 9.10. The standard InChI is InChI=1S/C7H3BrClF2NO2/c8-2-1-12-7(14)4(6(10)11)3(2)5(9)13/h1,6H,(H,12,14). The van der Waals surface area contributed by atoms with Crippen LogP contribution in [0.3, 0.4) is 0 Å². The number of hydrogen-bond acceptors (Lipinski definition) is 2. The monoisotopic (exact) mass is 285 g/mol. The van der Waals surface area contributed by atoms with Crippen molar-refractivity contribution in [3.8, 4) is 0 Å². The van der Waals surface area contributed by atoms with Crippen LogP contribution in [0.5, 0.6) is 0 Å². The van der Waals surface area contributed by atoms with Gasteiger partial charge >= 0.3 is 0 Å². The van der Waals surface area contributed by atoms with Crippen molar-refractivity contribution < 1.29 is 13.6 Å². The maximum atomic E-state index is 12.4. The maximum absolute atomic E-state index is 12.4. The summed E-state index contributed by atoms with van der Waals surface area (Å²) in [6.07, 6.45) is -1.96. The van der Waals surface area contributed by atoms with E-state index in [9.17, 15) is 18.4 Å². The van der Waals surface area contributed by atoms with Crippen LogP contribution in [0, 0.1) is 0 Å². The Morgan fingerprint density at radius 2 is 2.14 bits per heavy atom. The van der Waals surface area contributed by atoms with Gasteiger partial charge in [0.15, 0.2) is 0 Å². The second kappa shape index (κ2) is 4.18. The molecule has 0 bridgehead atoms. The molecular weight excluding hydrogens is 283 g/mol. The molecule has 1 aromatic heterocycles. The van der Waals surface area contributed by atoms with Crippen molar-refractivity contribution in [2.24, 2.45) is 0 Å². The summed E-state index contributed by atoms with van der Waals surface area (Å²) >= 11 is 7.92. The van der Waals surface area contributed by atoms with Gasteiger partial charge in [-0.05, 0) is 27.5 Å². The SMILES string of the molecule is O=C(Cl)c1c(Br)c[nH]c(=O)c1C(F)F. The van der Waals surface area contributed by atoms with E-state index in [1.165, 1.54) is 0 Å². The van der Waals surface area contributed by atoms with Crippen LogP contribution in [-0.4, -0.2) is 10.2 Å². The summed E-state index contributed by atoms with van der Waals surface area (Å²) in [5.74, 6) is 0. The van der Waals surface area contributed by atoms with Crippen LogP contribution in [0.1, 0.15) is 22.3 Å². The largest absolute Gasteiger partial charge is 0.328 e. The summed E-state index contributed by atoms with van der Waals surface area (Å²) in [6, 6.07) is 0. The van der Waals surface area contributed by atoms with Crippen LogP contribution in [0.4, 0.5) is 8.78 Å². The Bertz CT molecular complexity index is 432. The van der Waals surface area contributed by atoms with Gasteiger partial charge in [0.05, 0.1) is 11.1 Å². The number of alkyl halides is 2. The number of pyridine rings is 1. The third-order valence-corrected chi connectivity index (χ3v) is 2.31. The Labute approximate surface area is 90.2 Å². The van der Waals surface area contributed by atoms with Crippen molar-refractivity contribution >= 4 is 32.8 Å². The molecule has 0 saturated heterocycles. The fourth-order valence-electron chi connectivity index (χ4n) is 0.929. The van der Waals surface area contributed by atoms with E-state index in [2.05, 4.69) is 20.9 Å². The number of H-pyrrole nitrogens is 1. The van der Waals surface area contributed by atoms with Gasteiger partial charge in [-0.3, -0.25) is 9.59 Å². The third kappa shape index (κ3) is 2.01. The van der Waals surface area contributed by atoms with Crippen LogP contribution >= 0.6 is 27.5 Å². The van der Waals surface area contributed by atoms with Crippen molar-refractivity contribution in [1.82, 2.24) is 4.98 Å². The number of hydrogen-bond donors (Lipinski definition) is 1. The molecule has 0 fully saturated rings. The fourth-order valence-corrected chi connectivity index (χ4v) is 1.75. The lowest BCUT2D eigenvalue weighted by molar-refractivity contribution is 0.106. The number of halogens is 4. The summed E-state index contributed by atoms with van der Waals surface area (Å²) < 4.78 is 24.8. The Morgan fingerprint density at radius 1 is 1.57 bits per heavy atom. The number of carbonyl (C=O) groups excluding carboxylic acids is 1. The average molecular weight is 286 g/mol. The topological polar surface area (TPSA) is 49.9 Å². The van der Waals surface area contributed by atoms with E-state index in [0.29, 0.717) is 0 Å². The summed E-state index contributed by atoms with van der Waals surface area (Å²) in [4.78, 5) is 23.8. The zero-order chi connectivity index (χ0) is 10.9. The van der Waals surface area contributed by atoms with Gasteiger partial charge in [-0.15, -0.1) is 0 Å². The van der Waals surface area contributed by atoms with E-state index in [4.69, 9.17) is 11.6 Å². The zero-order valence-electron chi connectivity index (χ0n) is 6.48. The first-order valence-corrected chi connectivity index (χ1v) is 4.51. The van der Waals surface area contributed by atoms with Gasteiger partial charge in [-0.2, -0.15) is 0 Å². The predicted octanol–water partition coefficient (Wildman–Crippen LogP) is 2.45. The lowest BCUT2D eigenvalue weighted by Gasteiger charge is -2.04. The second-order valence-corrected chi connectivity index (χ2v) is 3.53. The quantitative estimate of drug-likeness (QED) is 0.849. The molecule has 14 heavy (non-hydrogen) atoms. The van der Waals surface area contributed by atoms with Gasteiger partial charge in [0, 0.05) is 10.7 Å². The Kier molecular flexibility index (Phi) is 3.38. The van der Waals surface area contributed by atoms with E-state index >= 15 is 0 Å². The number of nitrogens with one attached hydrogen (secondary N) is 1. The first kappa shape index (κ1) is 11.3. The van der Waals surface area contributed by atoms with Crippen LogP contribution in [-0.2, 0) is 0 Å². The van der Waals surface area contributed by atoms with E-state index in [1.807, 2.05) is 0 Å². The number of aromatic amines is 1. The molecule has 7 heteroatoms. The zero-order valence-corrected chi connectivity index (χ0v) is 8.82. The normalized spacial score (nSPS) is 10.6. The molecule has 0 unspecified atom stereocenters. The molecule has 0 aliphatic carbocycles. The minimum atomic E-state index is -3.05. The molecule has 0 aromatic carbocycles. The lowest BCUT2D eigenvalue weighted by atomic mass is 10.1.